The van der Waals surface area contributed by atoms with Crippen molar-refractivity contribution in [2.45, 2.75) is 25.2 Å². The minimum atomic E-state index is -4.47. The molecular weight excluding hydrogens is 375 g/mol. The first-order valence-corrected chi connectivity index (χ1v) is 8.75. The summed E-state index contributed by atoms with van der Waals surface area (Å²) in [5.74, 6) is 0.266. The molecule has 0 radical (unpaired) electrons. The molecule has 1 atom stereocenters. The molecule has 0 bridgehead atoms. The maximum atomic E-state index is 13.1. The van der Waals surface area contributed by atoms with Gasteiger partial charge in [0.15, 0.2) is 6.61 Å². The van der Waals surface area contributed by atoms with E-state index in [1.807, 2.05) is 0 Å². The normalized spacial score (nSPS) is 16.9. The van der Waals surface area contributed by atoms with Crippen molar-refractivity contribution >= 4 is 11.6 Å². The van der Waals surface area contributed by atoms with Crippen molar-refractivity contribution in [2.24, 2.45) is 0 Å². The predicted octanol–water partition coefficient (Wildman–Crippen LogP) is 2.68. The number of benzene rings is 1. The number of pyridine rings is 1. The van der Waals surface area contributed by atoms with Gasteiger partial charge in [0.2, 0.25) is 0 Å². The fourth-order valence-electron chi connectivity index (χ4n) is 3.01. The van der Waals surface area contributed by atoms with Crippen molar-refractivity contribution in [1.82, 2.24) is 9.88 Å². The summed E-state index contributed by atoms with van der Waals surface area (Å²) in [6.07, 6.45) is -1.70. The Morgan fingerprint density at radius 1 is 1.29 bits per heavy atom. The Labute approximate surface area is 159 Å². The number of aliphatic hydroxyl groups excluding tert-OH is 1. The molecular formula is C19H20F3N3O3. The summed E-state index contributed by atoms with van der Waals surface area (Å²) in [5, 5.41) is 11.9. The summed E-state index contributed by atoms with van der Waals surface area (Å²) in [6, 6.07) is 7.35. The van der Waals surface area contributed by atoms with Crippen molar-refractivity contribution in [3.63, 3.8) is 0 Å². The molecule has 0 aliphatic carbocycles. The molecule has 6 nitrogen and oxygen atoms in total. The molecule has 28 heavy (non-hydrogen) atoms. The van der Waals surface area contributed by atoms with Crippen LogP contribution in [0, 0.1) is 0 Å². The van der Waals surface area contributed by atoms with Gasteiger partial charge < -0.3 is 20.1 Å². The second-order valence-electron chi connectivity index (χ2n) is 6.48. The molecule has 9 heteroatoms. The minimum Gasteiger partial charge on any atom is -0.484 e. The number of nitrogens with one attached hydrogen (secondary N) is 1. The topological polar surface area (TPSA) is 74.7 Å². The molecule has 3 rings (SSSR count). The average Bonchev–Trinajstić information content (AvgIpc) is 3.14. The minimum absolute atomic E-state index is 0.0750. The van der Waals surface area contributed by atoms with Crippen LogP contribution in [0.2, 0.25) is 0 Å². The van der Waals surface area contributed by atoms with E-state index >= 15 is 0 Å². The fourth-order valence-corrected chi connectivity index (χ4v) is 3.01. The van der Waals surface area contributed by atoms with Gasteiger partial charge in [-0.2, -0.15) is 13.2 Å². The molecule has 2 heterocycles. The summed E-state index contributed by atoms with van der Waals surface area (Å²) in [6.45, 7) is 0.489. The van der Waals surface area contributed by atoms with Gasteiger partial charge in [-0.15, -0.1) is 0 Å². The number of hydrogen-bond acceptors (Lipinski definition) is 5. The molecule has 2 aromatic rings. The second kappa shape index (κ2) is 8.47. The first kappa shape index (κ1) is 19.9. The van der Waals surface area contributed by atoms with Crippen molar-refractivity contribution in [2.75, 3.05) is 25.0 Å². The van der Waals surface area contributed by atoms with E-state index in [4.69, 9.17) is 9.84 Å². The van der Waals surface area contributed by atoms with Crippen molar-refractivity contribution in [3.05, 3.63) is 53.9 Å². The van der Waals surface area contributed by atoms with E-state index in [1.165, 1.54) is 0 Å². The molecule has 1 saturated heterocycles. The standard InChI is InChI=1S/C19H20F3N3O3/c20-19(21,22)16-5-7-23-9-17(16)24-14-6-8-25(10-14)18(27)12-28-15-3-1-13(11-26)2-4-15/h1-5,7,9,14,24,26H,6,8,10-12H2/t14-/m0/s1. The summed E-state index contributed by atoms with van der Waals surface area (Å²) < 4.78 is 44.7. The lowest BCUT2D eigenvalue weighted by Crippen LogP contribution is -2.35. The first-order valence-electron chi connectivity index (χ1n) is 8.75. The zero-order valence-electron chi connectivity index (χ0n) is 14.9. The number of anilines is 1. The van der Waals surface area contributed by atoms with Crippen LogP contribution < -0.4 is 10.1 Å². The average molecular weight is 395 g/mol. The zero-order valence-corrected chi connectivity index (χ0v) is 14.9. The lowest BCUT2D eigenvalue weighted by molar-refractivity contribution is -0.137. The number of halogens is 3. The number of aromatic nitrogens is 1. The highest BCUT2D eigenvalue weighted by molar-refractivity contribution is 5.78. The van der Waals surface area contributed by atoms with Crippen LogP contribution in [-0.4, -0.2) is 46.6 Å². The summed E-state index contributed by atoms with van der Waals surface area (Å²) in [5.41, 5.74) is -0.128. The smallest absolute Gasteiger partial charge is 0.418 e. The number of carbonyl (C=O) groups excluding carboxylic acids is 1. The molecule has 2 N–H and O–H groups in total. The molecule has 1 fully saturated rings. The van der Waals surface area contributed by atoms with Gasteiger partial charge in [-0.1, -0.05) is 12.1 Å². The molecule has 0 unspecified atom stereocenters. The third kappa shape index (κ3) is 4.92. The van der Waals surface area contributed by atoms with Gasteiger partial charge >= 0.3 is 6.18 Å². The second-order valence-corrected chi connectivity index (χ2v) is 6.48. The van der Waals surface area contributed by atoms with Crippen LogP contribution in [0.5, 0.6) is 5.75 Å². The molecule has 0 spiro atoms. The molecule has 1 aliphatic heterocycles. The van der Waals surface area contributed by atoms with E-state index < -0.39 is 11.7 Å². The Balaban J connectivity index is 1.53. The lowest BCUT2D eigenvalue weighted by atomic mass is 10.2. The zero-order chi connectivity index (χ0) is 20.1. The van der Waals surface area contributed by atoms with Crippen LogP contribution in [0.4, 0.5) is 18.9 Å². The van der Waals surface area contributed by atoms with Crippen LogP contribution in [0.1, 0.15) is 17.5 Å². The SMILES string of the molecule is O=C(COc1ccc(CO)cc1)N1CC[C@H](Nc2cnccc2C(F)(F)F)C1. The number of nitrogens with zero attached hydrogens (tertiary/aromatic N) is 2. The van der Waals surface area contributed by atoms with Gasteiger partial charge in [0, 0.05) is 25.3 Å². The van der Waals surface area contributed by atoms with Crippen molar-refractivity contribution in [1.29, 1.82) is 0 Å². The predicted molar refractivity (Wildman–Crippen MR) is 95.7 cm³/mol. The Kier molecular flexibility index (Phi) is 6.03. The first-order chi connectivity index (χ1) is 13.4. The maximum absolute atomic E-state index is 13.1. The molecule has 1 aromatic heterocycles. The van der Waals surface area contributed by atoms with Crippen molar-refractivity contribution in [3.8, 4) is 5.75 Å². The largest absolute Gasteiger partial charge is 0.484 e. The Morgan fingerprint density at radius 3 is 2.71 bits per heavy atom. The number of rotatable bonds is 6. The number of aliphatic hydroxyl groups is 1. The van der Waals surface area contributed by atoms with Gasteiger partial charge in [-0.3, -0.25) is 9.78 Å². The number of likely N-dealkylation sites (tertiary alicyclic amines) is 1. The van der Waals surface area contributed by atoms with Crippen molar-refractivity contribution < 1.29 is 27.8 Å². The van der Waals surface area contributed by atoms with Gasteiger partial charge in [-0.25, -0.2) is 0 Å². The fraction of sp³-hybridized carbons (Fsp3) is 0.368. The van der Waals surface area contributed by atoms with E-state index in [0.717, 1.165) is 24.0 Å². The number of hydrogen-bond donors (Lipinski definition) is 2. The van der Waals surface area contributed by atoms with Crippen LogP contribution >= 0.6 is 0 Å². The van der Waals surface area contributed by atoms with Crippen LogP contribution in [0.3, 0.4) is 0 Å². The maximum Gasteiger partial charge on any atom is 0.418 e. The highest BCUT2D eigenvalue weighted by Gasteiger charge is 2.35. The van der Waals surface area contributed by atoms with E-state index in [2.05, 4.69) is 10.3 Å². The number of carbonyl (C=O) groups is 1. The van der Waals surface area contributed by atoms with Gasteiger partial charge in [-0.05, 0) is 30.2 Å². The van der Waals surface area contributed by atoms with Gasteiger partial charge in [0.05, 0.1) is 24.1 Å². The Hall–Kier alpha value is -2.81. The van der Waals surface area contributed by atoms with Crippen LogP contribution in [-0.2, 0) is 17.6 Å². The molecule has 150 valence electrons. The monoisotopic (exact) mass is 395 g/mol. The highest BCUT2D eigenvalue weighted by atomic mass is 19.4. The lowest BCUT2D eigenvalue weighted by Gasteiger charge is -2.20. The molecule has 1 aliphatic rings. The molecule has 0 saturated carbocycles. The number of ether oxygens (including phenoxy) is 1. The van der Waals surface area contributed by atoms with E-state index in [1.54, 1.807) is 29.2 Å². The Bertz CT molecular complexity index is 812. The molecule has 1 amide bonds. The summed E-state index contributed by atoms with van der Waals surface area (Å²) in [4.78, 5) is 17.6. The number of amides is 1. The highest BCUT2D eigenvalue weighted by Crippen LogP contribution is 2.34. The van der Waals surface area contributed by atoms with Crippen LogP contribution in [0.25, 0.3) is 0 Å². The van der Waals surface area contributed by atoms with E-state index in [0.29, 0.717) is 18.7 Å². The third-order valence-electron chi connectivity index (χ3n) is 4.50. The quantitative estimate of drug-likeness (QED) is 0.787. The van der Waals surface area contributed by atoms with Gasteiger partial charge in [0.1, 0.15) is 5.75 Å². The summed E-state index contributed by atoms with van der Waals surface area (Å²) in [7, 11) is 0. The van der Waals surface area contributed by atoms with E-state index in [-0.39, 0.29) is 37.4 Å². The summed E-state index contributed by atoms with van der Waals surface area (Å²) >= 11 is 0. The van der Waals surface area contributed by atoms with Crippen LogP contribution in [0.15, 0.2) is 42.7 Å². The van der Waals surface area contributed by atoms with Gasteiger partial charge in [0.25, 0.3) is 5.91 Å². The third-order valence-corrected chi connectivity index (χ3v) is 4.50. The number of alkyl halides is 3. The molecule has 1 aromatic carbocycles. The Morgan fingerprint density at radius 2 is 2.04 bits per heavy atom. The van der Waals surface area contributed by atoms with E-state index in [9.17, 15) is 18.0 Å².